The van der Waals surface area contributed by atoms with E-state index in [9.17, 15) is 4.79 Å². The molecule has 4 fully saturated rings. The zero-order chi connectivity index (χ0) is 16.1. The van der Waals surface area contributed by atoms with E-state index < -0.39 is 19.0 Å². The standard InChI is InChI=1S/C14H23BN4O3/c1-13(2)8-6-9(13)14(3)10(7-8)21-15(22-14)11(18-19-17)4-5-12(16)20/h8-11H,4-7H2,1-3H3,(H2,16,20)/t8-,9-,10+,11?,14-/m0/s1. The van der Waals surface area contributed by atoms with Crippen LogP contribution >= 0.6 is 0 Å². The van der Waals surface area contributed by atoms with Gasteiger partial charge in [-0.3, -0.25) is 4.79 Å². The van der Waals surface area contributed by atoms with Gasteiger partial charge in [0.15, 0.2) is 0 Å². The van der Waals surface area contributed by atoms with Crippen molar-refractivity contribution < 1.29 is 14.1 Å². The Bertz CT molecular complexity index is 536. The van der Waals surface area contributed by atoms with Gasteiger partial charge in [0.05, 0.1) is 17.6 Å². The van der Waals surface area contributed by atoms with Crippen LogP contribution in [0.15, 0.2) is 5.11 Å². The van der Waals surface area contributed by atoms with Gasteiger partial charge in [0, 0.05) is 11.3 Å². The van der Waals surface area contributed by atoms with Crippen LogP contribution in [0.1, 0.15) is 46.5 Å². The Kier molecular flexibility index (Phi) is 3.66. The third-order valence-corrected chi connectivity index (χ3v) is 6.17. The maximum Gasteiger partial charge on any atom is 0.466 e. The highest BCUT2D eigenvalue weighted by Gasteiger charge is 2.68. The Morgan fingerprint density at radius 1 is 1.50 bits per heavy atom. The molecule has 0 aromatic carbocycles. The first kappa shape index (κ1) is 15.7. The molecule has 1 unspecified atom stereocenters. The molecule has 1 saturated heterocycles. The Morgan fingerprint density at radius 3 is 2.82 bits per heavy atom. The summed E-state index contributed by atoms with van der Waals surface area (Å²) in [5.74, 6) is 0.196. The predicted molar refractivity (Wildman–Crippen MR) is 81.5 cm³/mol. The Hall–Kier alpha value is -1.24. The molecule has 2 bridgehead atoms. The molecule has 8 heteroatoms. The van der Waals surface area contributed by atoms with Gasteiger partial charge < -0.3 is 15.0 Å². The monoisotopic (exact) mass is 306 g/mol. The highest BCUT2D eigenvalue weighted by molar-refractivity contribution is 6.47. The number of azide groups is 1. The predicted octanol–water partition coefficient (Wildman–Crippen LogP) is 2.20. The lowest BCUT2D eigenvalue weighted by Gasteiger charge is -2.64. The first-order chi connectivity index (χ1) is 10.3. The summed E-state index contributed by atoms with van der Waals surface area (Å²) in [6, 6.07) is 0. The average Bonchev–Trinajstić information content (AvgIpc) is 2.79. The first-order valence-corrected chi connectivity index (χ1v) is 7.95. The van der Waals surface area contributed by atoms with E-state index in [0.29, 0.717) is 18.3 Å². The van der Waals surface area contributed by atoms with Crippen LogP contribution in [0.2, 0.25) is 0 Å². The summed E-state index contributed by atoms with van der Waals surface area (Å²) in [5.41, 5.74) is 13.9. The molecule has 0 aromatic heterocycles. The summed E-state index contributed by atoms with van der Waals surface area (Å²) >= 11 is 0. The van der Waals surface area contributed by atoms with E-state index in [-0.39, 0.29) is 23.5 Å². The van der Waals surface area contributed by atoms with Crippen molar-refractivity contribution in [1.82, 2.24) is 0 Å². The SMILES string of the molecule is CC1(C)[C@@H]2C[C@H]3OB(C(CCC(N)=O)N=[N+]=[N-])O[C@@]3(C)[C@H]1C2. The number of carbonyl (C=O) groups excluding carboxylic acids is 1. The number of primary amides is 1. The number of nitrogens with two attached hydrogens (primary N) is 1. The minimum Gasteiger partial charge on any atom is -0.405 e. The van der Waals surface area contributed by atoms with E-state index >= 15 is 0 Å². The molecule has 7 nitrogen and oxygen atoms in total. The fourth-order valence-electron chi connectivity index (χ4n) is 4.67. The van der Waals surface area contributed by atoms with Crippen molar-refractivity contribution in [3.05, 3.63) is 10.4 Å². The van der Waals surface area contributed by atoms with Gasteiger partial charge in [0.2, 0.25) is 5.91 Å². The van der Waals surface area contributed by atoms with Crippen LogP contribution in [0, 0.1) is 17.3 Å². The quantitative estimate of drug-likeness (QED) is 0.364. The number of nitrogens with zero attached hydrogens (tertiary/aromatic N) is 3. The second kappa shape index (κ2) is 5.15. The second-order valence-corrected chi connectivity index (χ2v) is 7.61. The molecule has 22 heavy (non-hydrogen) atoms. The molecule has 4 rings (SSSR count). The van der Waals surface area contributed by atoms with E-state index in [1.165, 1.54) is 6.42 Å². The van der Waals surface area contributed by atoms with Gasteiger partial charge >= 0.3 is 7.12 Å². The van der Waals surface area contributed by atoms with Crippen LogP contribution in [-0.2, 0) is 14.1 Å². The van der Waals surface area contributed by atoms with Gasteiger partial charge in [-0.05, 0) is 49.0 Å². The van der Waals surface area contributed by atoms with Gasteiger partial charge in [-0.1, -0.05) is 19.0 Å². The average molecular weight is 306 g/mol. The van der Waals surface area contributed by atoms with Crippen LogP contribution in [0.3, 0.4) is 0 Å². The van der Waals surface area contributed by atoms with E-state index in [0.717, 1.165) is 6.42 Å². The molecule has 5 atom stereocenters. The number of hydrogen-bond donors (Lipinski definition) is 1. The second-order valence-electron chi connectivity index (χ2n) is 7.61. The van der Waals surface area contributed by atoms with E-state index in [4.69, 9.17) is 20.6 Å². The van der Waals surface area contributed by atoms with Gasteiger partial charge in [-0.25, -0.2) is 0 Å². The van der Waals surface area contributed by atoms with Crippen LogP contribution < -0.4 is 5.73 Å². The smallest absolute Gasteiger partial charge is 0.405 e. The molecule has 3 aliphatic carbocycles. The molecule has 2 N–H and O–H groups in total. The Balaban J connectivity index is 1.75. The number of amides is 1. The van der Waals surface area contributed by atoms with Crippen LogP contribution in [-0.4, -0.2) is 30.7 Å². The largest absolute Gasteiger partial charge is 0.466 e. The van der Waals surface area contributed by atoms with Crippen molar-refractivity contribution in [2.75, 3.05) is 0 Å². The van der Waals surface area contributed by atoms with Crippen molar-refractivity contribution in [2.24, 2.45) is 28.1 Å². The highest BCUT2D eigenvalue weighted by atomic mass is 16.7. The fraction of sp³-hybridized carbons (Fsp3) is 0.929. The summed E-state index contributed by atoms with van der Waals surface area (Å²) in [4.78, 5) is 13.9. The maximum atomic E-state index is 11.0. The summed E-state index contributed by atoms with van der Waals surface area (Å²) < 4.78 is 12.3. The van der Waals surface area contributed by atoms with Gasteiger partial charge in [-0.2, -0.15) is 0 Å². The van der Waals surface area contributed by atoms with Gasteiger partial charge in [-0.15, -0.1) is 0 Å². The van der Waals surface area contributed by atoms with E-state index in [1.807, 2.05) is 0 Å². The Morgan fingerprint density at radius 2 is 2.23 bits per heavy atom. The molecular formula is C14H23BN4O3. The third kappa shape index (κ3) is 2.21. The zero-order valence-corrected chi connectivity index (χ0v) is 13.4. The van der Waals surface area contributed by atoms with Crippen LogP contribution in [0.4, 0.5) is 0 Å². The molecule has 1 amide bonds. The van der Waals surface area contributed by atoms with Gasteiger partial charge in [0.1, 0.15) is 0 Å². The highest BCUT2D eigenvalue weighted by Crippen LogP contribution is 2.65. The molecule has 4 aliphatic rings. The lowest BCUT2D eigenvalue weighted by atomic mass is 9.43. The van der Waals surface area contributed by atoms with Crippen molar-refractivity contribution in [1.29, 1.82) is 0 Å². The molecule has 3 saturated carbocycles. The molecule has 0 radical (unpaired) electrons. The fourth-order valence-corrected chi connectivity index (χ4v) is 4.67. The molecule has 1 aliphatic heterocycles. The summed E-state index contributed by atoms with van der Waals surface area (Å²) in [6.07, 6.45) is 2.70. The summed E-state index contributed by atoms with van der Waals surface area (Å²) in [7, 11) is -0.583. The number of rotatable bonds is 5. The van der Waals surface area contributed by atoms with Crippen molar-refractivity contribution in [3.8, 4) is 0 Å². The zero-order valence-electron chi connectivity index (χ0n) is 13.4. The lowest BCUT2D eigenvalue weighted by molar-refractivity contribution is -0.199. The molecular weight excluding hydrogens is 283 g/mol. The maximum absolute atomic E-state index is 11.0. The minimum absolute atomic E-state index is 0.0410. The summed E-state index contributed by atoms with van der Waals surface area (Å²) in [6.45, 7) is 6.70. The molecule has 0 aromatic rings. The van der Waals surface area contributed by atoms with E-state index in [2.05, 4.69) is 30.8 Å². The topological polar surface area (TPSA) is 110 Å². The number of carbonyl (C=O) groups is 1. The van der Waals surface area contributed by atoms with E-state index in [1.54, 1.807) is 0 Å². The Labute approximate surface area is 130 Å². The molecule has 120 valence electrons. The minimum atomic E-state index is -0.583. The first-order valence-electron chi connectivity index (χ1n) is 7.95. The normalized spacial score (nSPS) is 39.4. The lowest BCUT2D eigenvalue weighted by Crippen LogP contribution is -2.65. The van der Waals surface area contributed by atoms with Crippen molar-refractivity contribution >= 4 is 13.0 Å². The van der Waals surface area contributed by atoms with Crippen LogP contribution in [0.5, 0.6) is 0 Å². The van der Waals surface area contributed by atoms with Gasteiger partial charge in [0.25, 0.3) is 0 Å². The molecule has 1 heterocycles. The summed E-state index contributed by atoms with van der Waals surface area (Å²) in [5, 5.41) is 3.76. The van der Waals surface area contributed by atoms with Crippen molar-refractivity contribution in [2.45, 2.75) is 64.1 Å². The molecule has 0 spiro atoms. The third-order valence-electron chi connectivity index (χ3n) is 6.17. The number of hydrogen-bond acceptors (Lipinski definition) is 4. The van der Waals surface area contributed by atoms with Crippen molar-refractivity contribution in [3.63, 3.8) is 0 Å². The van der Waals surface area contributed by atoms with Crippen LogP contribution in [0.25, 0.3) is 10.4 Å².